The van der Waals surface area contributed by atoms with Crippen LogP contribution in [-0.2, 0) is 13.6 Å². The molecule has 3 aromatic heterocycles. The van der Waals surface area contributed by atoms with Crippen LogP contribution < -0.4 is 0 Å². The molecular weight excluding hydrogens is 292 g/mol. The van der Waals surface area contributed by atoms with Gasteiger partial charge < -0.3 is 4.57 Å². The molecule has 0 amide bonds. The smallest absolute Gasteiger partial charge is 0.159 e. The van der Waals surface area contributed by atoms with Gasteiger partial charge in [-0.1, -0.05) is 0 Å². The molecule has 0 aliphatic carbocycles. The van der Waals surface area contributed by atoms with Gasteiger partial charge in [-0.3, -0.25) is 4.68 Å². The molecule has 6 heteroatoms. The van der Waals surface area contributed by atoms with Crippen LogP contribution in [-0.4, -0.2) is 19.3 Å². The quantitative estimate of drug-likeness (QED) is 0.690. The van der Waals surface area contributed by atoms with Gasteiger partial charge in [0.2, 0.25) is 0 Å². The highest BCUT2D eigenvalue weighted by Crippen LogP contribution is 2.28. The molecule has 0 aromatic carbocycles. The Kier molecular flexibility index (Phi) is 3.34. The normalized spacial score (nSPS) is 13.2. The van der Waals surface area contributed by atoms with Crippen molar-refractivity contribution >= 4 is 34.1 Å². The van der Waals surface area contributed by atoms with E-state index in [9.17, 15) is 0 Å². The number of nitrogens with zero attached hydrogens (tertiary/aromatic N) is 4. The van der Waals surface area contributed by atoms with Crippen molar-refractivity contribution in [1.29, 1.82) is 0 Å². The molecule has 0 aliphatic heterocycles. The first kappa shape index (κ1) is 13.6. The molecule has 0 fully saturated rings. The second kappa shape index (κ2) is 4.90. The number of rotatable bonds is 3. The van der Waals surface area contributed by atoms with Crippen molar-refractivity contribution in [2.24, 2.45) is 7.05 Å². The van der Waals surface area contributed by atoms with E-state index < -0.39 is 0 Å². The summed E-state index contributed by atoms with van der Waals surface area (Å²) in [6.07, 6.45) is 0. The van der Waals surface area contributed by atoms with Crippen LogP contribution in [0.5, 0.6) is 0 Å². The van der Waals surface area contributed by atoms with Gasteiger partial charge in [0.1, 0.15) is 11.3 Å². The van der Waals surface area contributed by atoms with Crippen molar-refractivity contribution in [3.05, 3.63) is 33.4 Å². The SMILES string of the molecule is Cc1ccc(Cn2c(C(C)Cl)nc3c(C)nn(C)c32)s1. The molecule has 0 aliphatic rings. The van der Waals surface area contributed by atoms with Crippen molar-refractivity contribution in [2.75, 3.05) is 0 Å². The minimum absolute atomic E-state index is 0.122. The second-order valence-corrected chi connectivity index (χ2v) is 7.09. The molecule has 0 bridgehead atoms. The second-order valence-electron chi connectivity index (χ2n) is 5.07. The maximum Gasteiger partial charge on any atom is 0.159 e. The Morgan fingerprint density at radius 3 is 2.70 bits per heavy atom. The van der Waals surface area contributed by atoms with Crippen LogP contribution >= 0.6 is 22.9 Å². The van der Waals surface area contributed by atoms with Crippen LogP contribution in [0.3, 0.4) is 0 Å². The maximum atomic E-state index is 6.30. The monoisotopic (exact) mass is 308 g/mol. The van der Waals surface area contributed by atoms with E-state index in [0.29, 0.717) is 0 Å². The Hall–Kier alpha value is -1.33. The van der Waals surface area contributed by atoms with Crippen LogP contribution in [0.25, 0.3) is 11.2 Å². The van der Waals surface area contributed by atoms with Gasteiger partial charge in [-0.05, 0) is 32.9 Å². The molecular formula is C14H17ClN4S. The van der Waals surface area contributed by atoms with Crippen molar-refractivity contribution < 1.29 is 0 Å². The van der Waals surface area contributed by atoms with Crippen molar-refractivity contribution in [2.45, 2.75) is 32.7 Å². The number of alkyl halides is 1. The van der Waals surface area contributed by atoms with Gasteiger partial charge in [-0.15, -0.1) is 22.9 Å². The number of aryl methyl sites for hydroxylation is 3. The lowest BCUT2D eigenvalue weighted by Gasteiger charge is -2.09. The third-order valence-corrected chi connectivity index (χ3v) is 4.57. The molecule has 20 heavy (non-hydrogen) atoms. The van der Waals surface area contributed by atoms with E-state index >= 15 is 0 Å². The number of hydrogen-bond acceptors (Lipinski definition) is 3. The zero-order valence-corrected chi connectivity index (χ0v) is 13.6. The lowest BCUT2D eigenvalue weighted by atomic mass is 10.4. The molecule has 1 atom stereocenters. The molecule has 1 unspecified atom stereocenters. The Bertz CT molecular complexity index is 766. The third kappa shape index (κ3) is 2.15. The fourth-order valence-electron chi connectivity index (χ4n) is 2.54. The molecule has 3 aromatic rings. The maximum absolute atomic E-state index is 6.30. The van der Waals surface area contributed by atoms with Crippen LogP contribution in [0.1, 0.15) is 33.6 Å². The van der Waals surface area contributed by atoms with Crippen LogP contribution in [0.15, 0.2) is 12.1 Å². The molecule has 106 valence electrons. The van der Waals surface area contributed by atoms with Gasteiger partial charge in [0.05, 0.1) is 17.6 Å². The largest absolute Gasteiger partial charge is 0.306 e. The van der Waals surface area contributed by atoms with Crippen LogP contribution in [0, 0.1) is 13.8 Å². The topological polar surface area (TPSA) is 35.6 Å². The number of thiophene rings is 1. The molecule has 0 saturated heterocycles. The average Bonchev–Trinajstić information content (AvgIpc) is 3.00. The van der Waals surface area contributed by atoms with Crippen molar-refractivity contribution in [1.82, 2.24) is 19.3 Å². The molecule has 0 saturated carbocycles. The van der Waals surface area contributed by atoms with E-state index in [1.54, 1.807) is 11.3 Å². The minimum atomic E-state index is -0.122. The minimum Gasteiger partial charge on any atom is -0.306 e. The predicted octanol–water partition coefficient (Wildman–Crippen LogP) is 3.80. The number of aromatic nitrogens is 4. The predicted molar refractivity (Wildman–Crippen MR) is 83.7 cm³/mol. The lowest BCUT2D eigenvalue weighted by molar-refractivity contribution is 0.691. The number of halogens is 1. The van der Waals surface area contributed by atoms with E-state index in [4.69, 9.17) is 11.6 Å². The molecule has 0 radical (unpaired) electrons. The van der Waals surface area contributed by atoms with E-state index in [2.05, 4.69) is 33.7 Å². The first-order chi connectivity index (χ1) is 9.47. The van der Waals surface area contributed by atoms with E-state index in [1.165, 1.54) is 9.75 Å². The van der Waals surface area contributed by atoms with Crippen molar-refractivity contribution in [3.8, 4) is 0 Å². The van der Waals surface area contributed by atoms with E-state index in [-0.39, 0.29) is 5.38 Å². The van der Waals surface area contributed by atoms with Gasteiger partial charge in [0, 0.05) is 16.8 Å². The summed E-state index contributed by atoms with van der Waals surface area (Å²) in [5.74, 6) is 0.906. The van der Waals surface area contributed by atoms with Gasteiger partial charge >= 0.3 is 0 Å². The van der Waals surface area contributed by atoms with Crippen molar-refractivity contribution in [3.63, 3.8) is 0 Å². The summed E-state index contributed by atoms with van der Waals surface area (Å²) in [7, 11) is 1.95. The Morgan fingerprint density at radius 2 is 2.10 bits per heavy atom. The van der Waals surface area contributed by atoms with Crippen LogP contribution in [0.4, 0.5) is 0 Å². The zero-order valence-electron chi connectivity index (χ0n) is 12.0. The summed E-state index contributed by atoms with van der Waals surface area (Å²) < 4.78 is 4.07. The summed E-state index contributed by atoms with van der Waals surface area (Å²) in [4.78, 5) is 7.31. The average molecular weight is 309 g/mol. The fourth-order valence-corrected chi connectivity index (χ4v) is 3.58. The van der Waals surface area contributed by atoms with E-state index in [1.807, 2.05) is 25.6 Å². The molecule has 4 nitrogen and oxygen atoms in total. The first-order valence-corrected chi connectivity index (χ1v) is 7.81. The molecule has 0 spiro atoms. The summed E-state index contributed by atoms with van der Waals surface area (Å²) in [6.45, 7) is 6.86. The summed E-state index contributed by atoms with van der Waals surface area (Å²) in [5, 5.41) is 4.33. The lowest BCUT2D eigenvalue weighted by Crippen LogP contribution is -2.08. The highest BCUT2D eigenvalue weighted by molar-refractivity contribution is 7.11. The Labute approximate surface area is 127 Å². The Balaban J connectivity index is 2.18. The zero-order chi connectivity index (χ0) is 14.4. The first-order valence-electron chi connectivity index (χ1n) is 6.56. The standard InChI is InChI=1S/C14H17ClN4S/c1-8-5-6-11(20-8)7-19-13(9(2)15)16-12-10(3)17-18(4)14(12)19/h5-6,9H,7H2,1-4H3. The summed E-state index contributed by atoms with van der Waals surface area (Å²) in [6, 6.07) is 4.31. The van der Waals surface area contributed by atoms with Gasteiger partial charge in [-0.25, -0.2) is 4.98 Å². The van der Waals surface area contributed by atoms with Gasteiger partial charge in [0.15, 0.2) is 5.65 Å². The number of hydrogen-bond donors (Lipinski definition) is 0. The molecule has 3 heterocycles. The summed E-state index contributed by atoms with van der Waals surface area (Å²) >= 11 is 8.11. The highest BCUT2D eigenvalue weighted by Gasteiger charge is 2.20. The summed E-state index contributed by atoms with van der Waals surface area (Å²) in [5.41, 5.74) is 2.93. The number of imidazole rings is 1. The molecule has 3 rings (SSSR count). The fraction of sp³-hybridized carbons (Fsp3) is 0.429. The van der Waals surface area contributed by atoms with E-state index in [0.717, 1.165) is 29.2 Å². The third-order valence-electron chi connectivity index (χ3n) is 3.39. The highest BCUT2D eigenvalue weighted by atomic mass is 35.5. The Morgan fingerprint density at radius 1 is 1.35 bits per heavy atom. The van der Waals surface area contributed by atoms with Crippen LogP contribution in [0.2, 0.25) is 0 Å². The number of fused-ring (bicyclic) bond motifs is 1. The molecule has 0 N–H and O–H groups in total. The van der Waals surface area contributed by atoms with Gasteiger partial charge in [-0.2, -0.15) is 5.10 Å². The van der Waals surface area contributed by atoms with Gasteiger partial charge in [0.25, 0.3) is 0 Å².